The van der Waals surface area contributed by atoms with E-state index in [1.165, 1.54) is 25.7 Å². The van der Waals surface area contributed by atoms with Gasteiger partial charge in [0, 0.05) is 0 Å². The van der Waals surface area contributed by atoms with E-state index in [4.69, 9.17) is 0 Å². The van der Waals surface area contributed by atoms with Crippen molar-refractivity contribution < 1.29 is 0 Å². The summed E-state index contributed by atoms with van der Waals surface area (Å²) in [4.78, 5) is 0. The molecule has 2 aliphatic carbocycles. The zero-order chi connectivity index (χ0) is 8.39. The van der Waals surface area contributed by atoms with E-state index in [0.29, 0.717) is 0 Å². The Labute approximate surface area is 75.4 Å². The van der Waals surface area contributed by atoms with Gasteiger partial charge in [-0.25, -0.2) is 0 Å². The van der Waals surface area contributed by atoms with Gasteiger partial charge in [0.2, 0.25) is 0 Å². The molecule has 0 amide bonds. The molecule has 2 aliphatic rings. The average molecular weight is 162 g/mol. The van der Waals surface area contributed by atoms with E-state index in [1.807, 2.05) is 0 Å². The molecule has 0 heteroatoms. The van der Waals surface area contributed by atoms with Crippen LogP contribution < -0.4 is 0 Å². The second-order valence-corrected chi connectivity index (χ2v) is 4.22. The fraction of sp³-hybridized carbons (Fsp3) is 0.667. The number of hydrogen-bond acceptors (Lipinski definition) is 0. The van der Waals surface area contributed by atoms with Gasteiger partial charge in [-0.15, -0.1) is 0 Å². The molecule has 0 aromatic carbocycles. The molecule has 0 aromatic heterocycles. The first-order valence-corrected chi connectivity index (χ1v) is 5.25. The Bertz CT molecular complexity index is 180. The van der Waals surface area contributed by atoms with Crippen LogP contribution in [0.25, 0.3) is 0 Å². The van der Waals surface area contributed by atoms with Crippen molar-refractivity contribution in [2.75, 3.05) is 0 Å². The highest BCUT2D eigenvalue weighted by Gasteiger charge is 2.30. The van der Waals surface area contributed by atoms with Gasteiger partial charge in [0.15, 0.2) is 0 Å². The van der Waals surface area contributed by atoms with Crippen molar-refractivity contribution in [2.45, 2.75) is 32.6 Å². The first-order chi connectivity index (χ1) is 5.90. The second kappa shape index (κ2) is 3.47. The molecule has 66 valence electrons. The maximum atomic E-state index is 2.40. The predicted molar refractivity (Wildman–Crippen MR) is 52.9 cm³/mol. The van der Waals surface area contributed by atoms with Crippen molar-refractivity contribution in [3.05, 3.63) is 24.3 Å². The van der Waals surface area contributed by atoms with Gasteiger partial charge in [-0.2, -0.15) is 0 Å². The largest absolute Gasteiger partial charge is 0.0808 e. The van der Waals surface area contributed by atoms with E-state index in [1.54, 1.807) is 0 Å². The van der Waals surface area contributed by atoms with Gasteiger partial charge in [0.05, 0.1) is 0 Å². The van der Waals surface area contributed by atoms with Gasteiger partial charge < -0.3 is 0 Å². The molecule has 0 aliphatic heterocycles. The molecule has 1 saturated carbocycles. The molecule has 0 saturated heterocycles. The Balaban J connectivity index is 1.96. The molecule has 2 rings (SSSR count). The molecule has 0 radical (unpaired) electrons. The van der Waals surface area contributed by atoms with Crippen LogP contribution in [-0.4, -0.2) is 0 Å². The minimum atomic E-state index is 0.881. The smallest absolute Gasteiger partial charge is 0.0165 e. The maximum absolute atomic E-state index is 2.40. The molecule has 0 aromatic rings. The van der Waals surface area contributed by atoms with Crippen LogP contribution in [0.5, 0.6) is 0 Å². The van der Waals surface area contributed by atoms with E-state index in [2.05, 4.69) is 31.2 Å². The molecule has 0 nitrogen and oxygen atoms in total. The van der Waals surface area contributed by atoms with Gasteiger partial charge in [-0.05, 0) is 30.6 Å². The zero-order valence-electron chi connectivity index (χ0n) is 7.87. The summed E-state index contributed by atoms with van der Waals surface area (Å²) in [7, 11) is 0. The van der Waals surface area contributed by atoms with Gasteiger partial charge in [-0.1, -0.05) is 44.1 Å². The minimum Gasteiger partial charge on any atom is -0.0808 e. The fourth-order valence-electron chi connectivity index (χ4n) is 2.72. The highest BCUT2D eigenvalue weighted by molar-refractivity contribution is 5.16. The lowest BCUT2D eigenvalue weighted by Gasteiger charge is -2.13. The third-order valence-corrected chi connectivity index (χ3v) is 3.29. The summed E-state index contributed by atoms with van der Waals surface area (Å²) in [5, 5.41) is 0. The van der Waals surface area contributed by atoms with Crippen LogP contribution in [0, 0.1) is 17.8 Å². The summed E-state index contributed by atoms with van der Waals surface area (Å²) >= 11 is 0. The fourth-order valence-corrected chi connectivity index (χ4v) is 2.72. The lowest BCUT2D eigenvalue weighted by Crippen LogP contribution is -2.03. The van der Waals surface area contributed by atoms with E-state index in [0.717, 1.165) is 17.8 Å². The second-order valence-electron chi connectivity index (χ2n) is 4.22. The summed E-state index contributed by atoms with van der Waals surface area (Å²) in [6.07, 6.45) is 14.9. The van der Waals surface area contributed by atoms with Gasteiger partial charge >= 0.3 is 0 Å². The topological polar surface area (TPSA) is 0 Å². The molecular weight excluding hydrogens is 144 g/mol. The van der Waals surface area contributed by atoms with Gasteiger partial charge in [0.1, 0.15) is 0 Å². The molecule has 12 heavy (non-hydrogen) atoms. The van der Waals surface area contributed by atoms with E-state index >= 15 is 0 Å². The Morgan fingerprint density at radius 2 is 1.67 bits per heavy atom. The van der Waals surface area contributed by atoms with Gasteiger partial charge in [-0.3, -0.25) is 0 Å². The Kier molecular flexibility index (Phi) is 2.34. The Morgan fingerprint density at radius 3 is 2.17 bits per heavy atom. The molecule has 0 N–H and O–H groups in total. The van der Waals surface area contributed by atoms with Crippen molar-refractivity contribution >= 4 is 0 Å². The number of allylic oxidation sites excluding steroid dienone is 4. The summed E-state index contributed by atoms with van der Waals surface area (Å²) in [6.45, 7) is 2.30. The summed E-state index contributed by atoms with van der Waals surface area (Å²) in [6, 6.07) is 0. The van der Waals surface area contributed by atoms with Crippen molar-refractivity contribution in [3.63, 3.8) is 0 Å². The molecule has 2 unspecified atom stereocenters. The summed E-state index contributed by atoms with van der Waals surface area (Å²) < 4.78 is 0. The Hall–Kier alpha value is -0.520. The molecular formula is C12H18. The highest BCUT2D eigenvalue weighted by atomic mass is 14.4. The van der Waals surface area contributed by atoms with Crippen LogP contribution in [0.3, 0.4) is 0 Å². The first kappa shape index (κ1) is 8.10. The van der Waals surface area contributed by atoms with Crippen LogP contribution in [0.2, 0.25) is 0 Å². The minimum absolute atomic E-state index is 0.881. The number of rotatable bonds is 2. The van der Waals surface area contributed by atoms with E-state index in [-0.39, 0.29) is 0 Å². The standard InChI is InChI=1S/C12H18/c1-2-5-10-8-11-6-3-4-7-12(11)9-10/h3-4,6-7,10-12H,2,5,8-9H2,1H3. The number of fused-ring (bicyclic) bond motifs is 1. The predicted octanol–water partition coefficient (Wildman–Crippen LogP) is 3.55. The quantitative estimate of drug-likeness (QED) is 0.582. The zero-order valence-corrected chi connectivity index (χ0v) is 7.87. The summed E-state index contributed by atoms with van der Waals surface area (Å²) in [5.74, 6) is 2.77. The molecule has 0 bridgehead atoms. The molecule has 0 spiro atoms. The van der Waals surface area contributed by atoms with E-state index < -0.39 is 0 Å². The SMILES string of the molecule is CCCC1CC2C=CC=CC2C1. The Morgan fingerprint density at radius 1 is 1.08 bits per heavy atom. The van der Waals surface area contributed by atoms with Crippen LogP contribution in [0.15, 0.2) is 24.3 Å². The molecule has 0 heterocycles. The number of hydrogen-bond donors (Lipinski definition) is 0. The van der Waals surface area contributed by atoms with Crippen LogP contribution in [-0.2, 0) is 0 Å². The molecule has 2 atom stereocenters. The average Bonchev–Trinajstić information content (AvgIpc) is 2.47. The lowest BCUT2D eigenvalue weighted by atomic mass is 9.92. The van der Waals surface area contributed by atoms with Gasteiger partial charge in [0.25, 0.3) is 0 Å². The van der Waals surface area contributed by atoms with E-state index in [9.17, 15) is 0 Å². The van der Waals surface area contributed by atoms with Crippen molar-refractivity contribution in [1.82, 2.24) is 0 Å². The maximum Gasteiger partial charge on any atom is -0.0165 e. The highest BCUT2D eigenvalue weighted by Crippen LogP contribution is 2.41. The lowest BCUT2D eigenvalue weighted by molar-refractivity contribution is 0.482. The monoisotopic (exact) mass is 162 g/mol. The third kappa shape index (κ3) is 1.48. The van der Waals surface area contributed by atoms with Crippen molar-refractivity contribution in [1.29, 1.82) is 0 Å². The first-order valence-electron chi connectivity index (χ1n) is 5.25. The van der Waals surface area contributed by atoms with Crippen LogP contribution in [0.1, 0.15) is 32.6 Å². The van der Waals surface area contributed by atoms with Crippen LogP contribution >= 0.6 is 0 Å². The third-order valence-electron chi connectivity index (χ3n) is 3.29. The van der Waals surface area contributed by atoms with Crippen LogP contribution in [0.4, 0.5) is 0 Å². The normalized spacial score (nSPS) is 38.6. The molecule has 1 fully saturated rings. The van der Waals surface area contributed by atoms with Crippen molar-refractivity contribution in [3.8, 4) is 0 Å². The van der Waals surface area contributed by atoms with Crippen molar-refractivity contribution in [2.24, 2.45) is 17.8 Å². The summed E-state index contributed by atoms with van der Waals surface area (Å²) in [5.41, 5.74) is 0.